The Bertz CT molecular complexity index is 2650. The third kappa shape index (κ3) is 8.32. The van der Waals surface area contributed by atoms with E-state index in [0.29, 0.717) is 25.3 Å². The Morgan fingerprint density at radius 2 is 1.56 bits per heavy atom. The van der Waals surface area contributed by atoms with E-state index >= 15 is 0 Å². The van der Waals surface area contributed by atoms with Crippen molar-refractivity contribution in [1.82, 2.24) is 40.4 Å². The smallest absolute Gasteiger partial charge is 0.407 e. The number of nitrogens with zero attached hydrogens (tertiary/aromatic N) is 4. The van der Waals surface area contributed by atoms with E-state index in [9.17, 15) is 19.2 Å². The second kappa shape index (κ2) is 18.3. The van der Waals surface area contributed by atoms with Crippen LogP contribution < -0.4 is 15.4 Å². The lowest BCUT2D eigenvalue weighted by molar-refractivity contribution is -0.141. The number of rotatable bonds is 10. The van der Waals surface area contributed by atoms with Gasteiger partial charge in [0.1, 0.15) is 36.1 Å². The van der Waals surface area contributed by atoms with Gasteiger partial charge in [0.25, 0.3) is 0 Å². The van der Waals surface area contributed by atoms with Crippen LogP contribution in [-0.4, -0.2) is 104 Å². The highest BCUT2D eigenvalue weighted by molar-refractivity contribution is 6.07. The number of nitrogens with one attached hydrogen (secondary N) is 4. The normalized spacial score (nSPS) is 24.7. The fourth-order valence-corrected chi connectivity index (χ4v) is 11.1. The molecule has 3 fully saturated rings. The first-order valence-electron chi connectivity index (χ1n) is 23.5. The van der Waals surface area contributed by atoms with Gasteiger partial charge in [-0.1, -0.05) is 39.0 Å². The molecule has 2 aromatic heterocycles. The number of H-pyrrole nitrogens is 2. The number of imidazole rings is 2. The minimum absolute atomic E-state index is 0.00147. The van der Waals surface area contributed by atoms with Crippen LogP contribution in [0.3, 0.4) is 0 Å². The minimum Gasteiger partial charge on any atom is -0.488 e. The highest BCUT2D eigenvalue weighted by atomic mass is 16.5. The third-order valence-electron chi connectivity index (χ3n) is 14.4. The van der Waals surface area contributed by atoms with Crippen molar-refractivity contribution in [3.63, 3.8) is 0 Å². The zero-order chi connectivity index (χ0) is 46.6. The first kappa shape index (κ1) is 45.0. The molecule has 4 aliphatic rings. The number of alkyl carbamates (subject to hydrolysis) is 2. The van der Waals surface area contributed by atoms with Crippen molar-refractivity contribution in [3.8, 4) is 28.1 Å². The number of benzene rings is 3. The lowest BCUT2D eigenvalue weighted by Crippen LogP contribution is -2.55. The van der Waals surface area contributed by atoms with Crippen molar-refractivity contribution in [3.05, 3.63) is 65.9 Å². The molecule has 4 N–H and O–H groups in total. The summed E-state index contributed by atoms with van der Waals surface area (Å²) in [6.45, 7) is 12.4. The molecular weight excluding hydrogens is 841 g/mol. The van der Waals surface area contributed by atoms with Crippen LogP contribution in [0.25, 0.3) is 44.2 Å². The molecule has 0 saturated carbocycles. The summed E-state index contributed by atoms with van der Waals surface area (Å²) in [6, 6.07) is 12.7. The number of hydrogen-bond donors (Lipinski definition) is 4. The number of carbonyl (C=O) groups is 4. The summed E-state index contributed by atoms with van der Waals surface area (Å²) in [5.74, 6) is 1.71. The first-order valence-corrected chi connectivity index (χ1v) is 23.5. The van der Waals surface area contributed by atoms with Crippen LogP contribution in [0.15, 0.2) is 48.7 Å². The molecule has 16 heteroatoms. The van der Waals surface area contributed by atoms with E-state index in [1.165, 1.54) is 14.2 Å². The predicted molar refractivity (Wildman–Crippen MR) is 248 cm³/mol. The number of likely N-dealkylation sites (tertiary alicyclic amines) is 2. The average molecular weight is 903 g/mol. The second-order valence-corrected chi connectivity index (χ2v) is 19.0. The van der Waals surface area contributed by atoms with Crippen molar-refractivity contribution in [2.75, 3.05) is 14.2 Å². The Kier molecular flexibility index (Phi) is 12.5. The molecule has 3 saturated heterocycles. The van der Waals surface area contributed by atoms with Gasteiger partial charge in [0.2, 0.25) is 11.8 Å². The molecule has 9 atom stereocenters. The molecule has 9 rings (SSSR count). The third-order valence-corrected chi connectivity index (χ3v) is 14.4. The van der Waals surface area contributed by atoms with Crippen molar-refractivity contribution < 1.29 is 38.1 Å². The SMILES string of the molecule is CC[C@H]1CC[C@@H](c2nc3ccc4cc5c(cc4c3[nH]2)OCc2cc(-c3cnc([C@@H]4CC[C@H](C)N4C(=O)C(NC(=O)OC)C(C)C)[nH]3)ccc2-5)N1C(=O)[C@@H](NC(=O)OC)C1CC(C)O[C@H](C)C1. The Morgan fingerprint density at radius 3 is 2.29 bits per heavy atom. The molecule has 3 aromatic carbocycles. The van der Waals surface area contributed by atoms with Crippen LogP contribution >= 0.6 is 0 Å². The lowest BCUT2D eigenvalue weighted by atomic mass is 9.85. The van der Waals surface area contributed by atoms with Crippen molar-refractivity contribution in [2.45, 2.75) is 142 Å². The zero-order valence-electron chi connectivity index (χ0n) is 39.1. The van der Waals surface area contributed by atoms with E-state index in [2.05, 4.69) is 63.9 Å². The van der Waals surface area contributed by atoms with Crippen LogP contribution in [0.1, 0.15) is 116 Å². The van der Waals surface area contributed by atoms with Gasteiger partial charge in [-0.05, 0) is 124 Å². The van der Waals surface area contributed by atoms with Crippen LogP contribution in [0.4, 0.5) is 9.59 Å². The second-order valence-electron chi connectivity index (χ2n) is 19.0. The van der Waals surface area contributed by atoms with Crippen LogP contribution in [0.5, 0.6) is 5.75 Å². The number of hydrogen-bond acceptors (Lipinski definition) is 10. The van der Waals surface area contributed by atoms with E-state index in [1.807, 2.05) is 56.7 Å². The number of fused-ring (bicyclic) bond motifs is 6. The van der Waals surface area contributed by atoms with E-state index < -0.39 is 24.3 Å². The molecule has 350 valence electrons. The molecule has 0 radical (unpaired) electrons. The highest BCUT2D eigenvalue weighted by Gasteiger charge is 2.46. The molecule has 0 bridgehead atoms. The largest absolute Gasteiger partial charge is 0.488 e. The molecule has 0 aliphatic carbocycles. The van der Waals surface area contributed by atoms with E-state index in [0.717, 1.165) is 93.4 Å². The molecule has 4 amide bonds. The molecule has 0 spiro atoms. The van der Waals surface area contributed by atoms with Crippen molar-refractivity contribution in [1.29, 1.82) is 0 Å². The van der Waals surface area contributed by atoms with Crippen molar-refractivity contribution >= 4 is 45.8 Å². The van der Waals surface area contributed by atoms with Crippen molar-refractivity contribution in [2.24, 2.45) is 11.8 Å². The summed E-state index contributed by atoms with van der Waals surface area (Å²) in [5.41, 5.74) is 6.60. The summed E-state index contributed by atoms with van der Waals surface area (Å²) < 4.78 is 22.3. The van der Waals surface area contributed by atoms with Crippen LogP contribution in [0, 0.1) is 11.8 Å². The Morgan fingerprint density at radius 1 is 0.833 bits per heavy atom. The number of aromatic nitrogens is 4. The Balaban J connectivity index is 0.972. The number of methoxy groups -OCH3 is 2. The Hall–Kier alpha value is -6.16. The minimum atomic E-state index is -0.753. The zero-order valence-corrected chi connectivity index (χ0v) is 39.1. The number of amides is 4. The summed E-state index contributed by atoms with van der Waals surface area (Å²) in [5, 5.41) is 7.65. The standard InChI is InChI=1S/C50H62N8O8/c1-9-33-13-17-40(58(33)48(60)43(56-50(62)64-8)31-18-27(5)66-28(6)19-31)46-52-37-15-12-29-21-36-34-14-11-30(20-32(34)24-65-41(36)22-35(29)44(37)54-46)38-23-51-45(53-38)39-16-10-26(4)57(39)47(59)42(25(2)3)55-49(61)63-7/h11-12,14-15,20-23,25-28,31,33,39-40,42-43H,9-10,13,16-19,24H2,1-8H3,(H,51,53)(H,52,54)(H,55,61)(H,56,62)/t26-,27+,28?,31?,33-,39-,40-,42?,43-/m0/s1. The summed E-state index contributed by atoms with van der Waals surface area (Å²) in [6.07, 6.45) is 5.74. The van der Waals surface area contributed by atoms with Crippen LogP contribution in [-0.2, 0) is 30.4 Å². The summed E-state index contributed by atoms with van der Waals surface area (Å²) >= 11 is 0. The van der Waals surface area contributed by atoms with Gasteiger partial charge in [-0.2, -0.15) is 0 Å². The average Bonchev–Trinajstić information content (AvgIpc) is 4.13. The van der Waals surface area contributed by atoms with Gasteiger partial charge in [-0.15, -0.1) is 0 Å². The number of aromatic amines is 2. The van der Waals surface area contributed by atoms with Crippen LogP contribution in [0.2, 0.25) is 0 Å². The lowest BCUT2D eigenvalue weighted by Gasteiger charge is -2.39. The molecule has 3 unspecified atom stereocenters. The fraction of sp³-hybridized carbons (Fsp3) is 0.520. The highest BCUT2D eigenvalue weighted by Crippen LogP contribution is 2.45. The van der Waals surface area contributed by atoms with Gasteiger partial charge in [-0.25, -0.2) is 19.6 Å². The van der Waals surface area contributed by atoms with Gasteiger partial charge in [0.05, 0.1) is 61.4 Å². The number of carbonyl (C=O) groups excluding carboxylic acids is 4. The maximum absolute atomic E-state index is 14.8. The van der Waals surface area contributed by atoms with E-state index in [-0.39, 0.29) is 60.0 Å². The monoisotopic (exact) mass is 902 g/mol. The van der Waals surface area contributed by atoms with Gasteiger partial charge in [0.15, 0.2) is 0 Å². The predicted octanol–water partition coefficient (Wildman–Crippen LogP) is 8.47. The molecule has 4 aliphatic heterocycles. The Labute approximate surface area is 384 Å². The molecule has 5 aromatic rings. The van der Waals surface area contributed by atoms with Gasteiger partial charge in [-0.3, -0.25) is 9.59 Å². The molecule has 16 nitrogen and oxygen atoms in total. The fourth-order valence-electron chi connectivity index (χ4n) is 11.1. The topological polar surface area (TPSA) is 193 Å². The van der Waals surface area contributed by atoms with Gasteiger partial charge < -0.3 is 49.3 Å². The van der Waals surface area contributed by atoms with Gasteiger partial charge >= 0.3 is 12.2 Å². The van der Waals surface area contributed by atoms with E-state index in [4.69, 9.17) is 28.9 Å². The van der Waals surface area contributed by atoms with E-state index in [1.54, 1.807) is 0 Å². The summed E-state index contributed by atoms with van der Waals surface area (Å²) in [7, 11) is 2.62. The van der Waals surface area contributed by atoms with Gasteiger partial charge in [0, 0.05) is 23.0 Å². The summed E-state index contributed by atoms with van der Waals surface area (Å²) in [4.78, 5) is 74.4. The molecular formula is C50H62N8O8. The molecule has 6 heterocycles. The maximum atomic E-state index is 14.8. The molecule has 66 heavy (non-hydrogen) atoms. The quantitative estimate of drug-likeness (QED) is 0.106. The first-order chi connectivity index (χ1) is 31.8. The maximum Gasteiger partial charge on any atom is 0.407 e. The number of ether oxygens (including phenoxy) is 4.